The largest absolute Gasteiger partial charge is 0.463 e. The highest BCUT2D eigenvalue weighted by Crippen LogP contribution is 2.14. The number of hydrogen-bond acceptors (Lipinski definition) is 3. The molecule has 0 amide bonds. The number of benzene rings is 2. The number of hydrogen-bond donors (Lipinski definition) is 2. The number of nitrogens with two attached hydrogens (primary N) is 1. The zero-order chi connectivity index (χ0) is 14.4. The Morgan fingerprint density at radius 3 is 2.60 bits per heavy atom. The number of ether oxygens (including phenoxy) is 1. The summed E-state index contributed by atoms with van der Waals surface area (Å²) in [5.41, 5.74) is 8.25. The lowest BCUT2D eigenvalue weighted by molar-refractivity contribution is 0.169. The van der Waals surface area contributed by atoms with Gasteiger partial charge in [0.15, 0.2) is 0 Å². The Labute approximate surface area is 124 Å². The summed E-state index contributed by atoms with van der Waals surface area (Å²) in [7, 11) is 0. The standard InChI is InChI=1S/C16H19ClN2O/c1-2-12-4-3-5-15(10-12)20-16(18)19-11-13-6-8-14(17)9-7-13/h3-10,16,19H,2,11,18H2,1H3. The molecular weight excluding hydrogens is 272 g/mol. The van der Waals surface area contributed by atoms with Crippen LogP contribution in [0, 0.1) is 0 Å². The average molecular weight is 291 g/mol. The van der Waals surface area contributed by atoms with E-state index in [0.29, 0.717) is 6.54 Å². The number of rotatable bonds is 6. The van der Waals surface area contributed by atoms with Crippen molar-refractivity contribution in [1.82, 2.24) is 5.32 Å². The maximum absolute atomic E-state index is 5.92. The van der Waals surface area contributed by atoms with Crippen molar-refractivity contribution >= 4 is 11.6 Å². The van der Waals surface area contributed by atoms with Crippen molar-refractivity contribution in [2.45, 2.75) is 26.2 Å². The summed E-state index contributed by atoms with van der Waals surface area (Å²) in [6.45, 7) is 2.74. The van der Waals surface area contributed by atoms with Gasteiger partial charge >= 0.3 is 0 Å². The van der Waals surface area contributed by atoms with E-state index in [0.717, 1.165) is 22.8 Å². The maximum Gasteiger partial charge on any atom is 0.204 e. The van der Waals surface area contributed by atoms with E-state index in [-0.39, 0.29) is 0 Å². The smallest absolute Gasteiger partial charge is 0.204 e. The van der Waals surface area contributed by atoms with Crippen LogP contribution >= 0.6 is 11.6 Å². The third kappa shape index (κ3) is 4.53. The molecule has 2 rings (SSSR count). The van der Waals surface area contributed by atoms with Gasteiger partial charge in [0.2, 0.25) is 6.35 Å². The van der Waals surface area contributed by atoms with Crippen LogP contribution in [0.3, 0.4) is 0 Å². The van der Waals surface area contributed by atoms with E-state index in [2.05, 4.69) is 18.3 Å². The fourth-order valence-corrected chi connectivity index (χ4v) is 1.97. The van der Waals surface area contributed by atoms with Crippen LogP contribution in [0.25, 0.3) is 0 Å². The molecule has 0 saturated heterocycles. The highest BCUT2D eigenvalue weighted by atomic mass is 35.5. The Morgan fingerprint density at radius 2 is 1.90 bits per heavy atom. The topological polar surface area (TPSA) is 47.3 Å². The molecule has 1 unspecified atom stereocenters. The first-order valence-electron chi connectivity index (χ1n) is 6.66. The predicted molar refractivity (Wildman–Crippen MR) is 82.7 cm³/mol. The third-order valence-corrected chi connectivity index (χ3v) is 3.24. The Morgan fingerprint density at radius 1 is 1.15 bits per heavy atom. The number of nitrogens with one attached hydrogen (secondary N) is 1. The van der Waals surface area contributed by atoms with Crippen LogP contribution in [0.15, 0.2) is 48.5 Å². The summed E-state index contributed by atoms with van der Waals surface area (Å²) >= 11 is 5.84. The Bertz CT molecular complexity index is 542. The van der Waals surface area contributed by atoms with E-state index in [9.17, 15) is 0 Å². The monoisotopic (exact) mass is 290 g/mol. The van der Waals surface area contributed by atoms with Crippen molar-refractivity contribution in [3.8, 4) is 5.75 Å². The Kier molecular flexibility index (Phi) is 5.41. The minimum Gasteiger partial charge on any atom is -0.463 e. The normalized spacial score (nSPS) is 12.2. The zero-order valence-corrected chi connectivity index (χ0v) is 12.2. The lowest BCUT2D eigenvalue weighted by Gasteiger charge is -2.16. The second-order valence-corrected chi connectivity index (χ2v) is 4.98. The van der Waals surface area contributed by atoms with Gasteiger partial charge < -0.3 is 4.74 Å². The van der Waals surface area contributed by atoms with Crippen LogP contribution in [0.1, 0.15) is 18.1 Å². The molecule has 2 aromatic carbocycles. The second kappa shape index (κ2) is 7.29. The molecule has 1 atom stereocenters. The maximum atomic E-state index is 5.92. The van der Waals surface area contributed by atoms with Crippen molar-refractivity contribution in [3.63, 3.8) is 0 Å². The van der Waals surface area contributed by atoms with Crippen LogP contribution in [0.5, 0.6) is 5.75 Å². The molecule has 0 aromatic heterocycles. The Balaban J connectivity index is 1.85. The molecule has 2 aromatic rings. The van der Waals surface area contributed by atoms with Gasteiger partial charge in [-0.1, -0.05) is 42.8 Å². The van der Waals surface area contributed by atoms with Gasteiger partial charge in [0.1, 0.15) is 5.75 Å². The van der Waals surface area contributed by atoms with E-state index in [1.165, 1.54) is 5.56 Å². The van der Waals surface area contributed by atoms with Crippen LogP contribution in [-0.4, -0.2) is 6.35 Å². The SMILES string of the molecule is CCc1cccc(OC(N)NCc2ccc(Cl)cc2)c1. The van der Waals surface area contributed by atoms with Crippen molar-refractivity contribution in [2.75, 3.05) is 0 Å². The average Bonchev–Trinajstić information content (AvgIpc) is 2.47. The minimum atomic E-state index is -0.544. The molecule has 0 radical (unpaired) electrons. The van der Waals surface area contributed by atoms with Crippen LogP contribution in [0.4, 0.5) is 0 Å². The molecule has 0 saturated carbocycles. The zero-order valence-electron chi connectivity index (χ0n) is 11.5. The van der Waals surface area contributed by atoms with Crippen LogP contribution in [0.2, 0.25) is 5.02 Å². The molecule has 0 aliphatic heterocycles. The van der Waals surface area contributed by atoms with Crippen molar-refractivity contribution < 1.29 is 4.74 Å². The van der Waals surface area contributed by atoms with Gasteiger partial charge in [0.05, 0.1) is 0 Å². The molecule has 0 spiro atoms. The summed E-state index contributed by atoms with van der Waals surface area (Å²) in [4.78, 5) is 0. The van der Waals surface area contributed by atoms with Crippen molar-refractivity contribution in [2.24, 2.45) is 5.73 Å². The fourth-order valence-electron chi connectivity index (χ4n) is 1.85. The van der Waals surface area contributed by atoms with Crippen molar-refractivity contribution in [3.05, 3.63) is 64.7 Å². The van der Waals surface area contributed by atoms with Gasteiger partial charge in [-0.3, -0.25) is 11.1 Å². The van der Waals surface area contributed by atoms with Gasteiger partial charge in [-0.2, -0.15) is 0 Å². The summed E-state index contributed by atoms with van der Waals surface area (Å²) in [5.74, 6) is 0.778. The highest BCUT2D eigenvalue weighted by Gasteiger charge is 2.04. The summed E-state index contributed by atoms with van der Waals surface area (Å²) in [5, 5.41) is 3.84. The number of aryl methyl sites for hydroxylation is 1. The molecular formula is C16H19ClN2O. The second-order valence-electron chi connectivity index (χ2n) is 4.55. The first-order chi connectivity index (χ1) is 9.67. The van der Waals surface area contributed by atoms with Crippen LogP contribution in [-0.2, 0) is 13.0 Å². The third-order valence-electron chi connectivity index (χ3n) is 2.99. The lowest BCUT2D eigenvalue weighted by atomic mass is 10.2. The first-order valence-corrected chi connectivity index (χ1v) is 7.04. The van der Waals surface area contributed by atoms with Gasteiger partial charge in [-0.05, 0) is 41.8 Å². The van der Waals surface area contributed by atoms with E-state index in [1.807, 2.05) is 42.5 Å². The van der Waals surface area contributed by atoms with Gasteiger partial charge in [0.25, 0.3) is 0 Å². The summed E-state index contributed by atoms with van der Waals surface area (Å²) in [6.07, 6.45) is 0.433. The quantitative estimate of drug-likeness (QED) is 0.803. The molecule has 20 heavy (non-hydrogen) atoms. The van der Waals surface area contributed by atoms with E-state index < -0.39 is 6.35 Å². The minimum absolute atomic E-state index is 0.544. The molecule has 3 N–H and O–H groups in total. The molecule has 0 heterocycles. The summed E-state index contributed by atoms with van der Waals surface area (Å²) in [6, 6.07) is 15.6. The highest BCUT2D eigenvalue weighted by molar-refractivity contribution is 6.30. The number of halogens is 1. The molecule has 4 heteroatoms. The molecule has 0 aliphatic rings. The van der Waals surface area contributed by atoms with Crippen molar-refractivity contribution in [1.29, 1.82) is 0 Å². The van der Waals surface area contributed by atoms with Gasteiger partial charge in [0, 0.05) is 11.6 Å². The molecule has 0 fully saturated rings. The van der Waals surface area contributed by atoms with E-state index in [4.69, 9.17) is 22.1 Å². The summed E-state index contributed by atoms with van der Waals surface area (Å²) < 4.78 is 5.64. The molecule has 0 aliphatic carbocycles. The fraction of sp³-hybridized carbons (Fsp3) is 0.250. The predicted octanol–water partition coefficient (Wildman–Crippen LogP) is 3.31. The van der Waals surface area contributed by atoms with Crippen LogP contribution < -0.4 is 15.8 Å². The molecule has 0 bridgehead atoms. The van der Waals surface area contributed by atoms with E-state index in [1.54, 1.807) is 0 Å². The van der Waals surface area contributed by atoms with Gasteiger partial charge in [-0.15, -0.1) is 0 Å². The molecule has 3 nitrogen and oxygen atoms in total. The van der Waals surface area contributed by atoms with E-state index >= 15 is 0 Å². The Hall–Kier alpha value is -1.55. The molecule has 106 valence electrons. The lowest BCUT2D eigenvalue weighted by Crippen LogP contribution is -2.41. The van der Waals surface area contributed by atoms with Gasteiger partial charge in [-0.25, -0.2) is 0 Å². The first kappa shape index (κ1) is 14.9.